The van der Waals surface area contributed by atoms with Crippen molar-refractivity contribution in [1.82, 2.24) is 0 Å². The number of carboxylic acid groups (broad SMARTS) is 1. The molecule has 0 heterocycles. The maximum absolute atomic E-state index is 12.1. The molecule has 0 aromatic rings. The Hall–Kier alpha value is -1.14. The van der Waals surface area contributed by atoms with E-state index in [1.54, 1.807) is 6.92 Å². The number of hydrogen-bond donors (Lipinski definition) is 3. The van der Waals surface area contributed by atoms with E-state index in [-0.39, 0.29) is 5.92 Å². The quantitative estimate of drug-likeness (QED) is 0.497. The van der Waals surface area contributed by atoms with Crippen LogP contribution in [0.2, 0.25) is 0 Å². The third-order valence-corrected chi connectivity index (χ3v) is 4.46. The molecule has 1 fully saturated rings. The molecule has 5 N–H and O–H groups in total. The highest BCUT2D eigenvalue weighted by molar-refractivity contribution is 5.82. The van der Waals surface area contributed by atoms with Crippen molar-refractivity contribution in [3.63, 3.8) is 0 Å². The molecule has 0 bridgehead atoms. The Kier molecular flexibility index (Phi) is 5.95. The predicted molar refractivity (Wildman–Crippen MR) is 74.6 cm³/mol. The molecular formula is C14H26N2O4. The van der Waals surface area contributed by atoms with Gasteiger partial charge in [-0.25, -0.2) is 4.79 Å². The number of carbonyl (C=O) groups is 2. The lowest BCUT2D eigenvalue weighted by Crippen LogP contribution is -2.57. The Bertz CT molecular complexity index is 353. The van der Waals surface area contributed by atoms with Crippen LogP contribution in [0.4, 0.5) is 0 Å². The topological polar surface area (TPSA) is 116 Å². The SMILES string of the molecule is CCC(C)[C@@](N)(OC(=O)C1CCC(CN)CC1)C(=O)O. The van der Waals surface area contributed by atoms with Crippen LogP contribution in [0.5, 0.6) is 0 Å². The van der Waals surface area contributed by atoms with Gasteiger partial charge in [-0.05, 0) is 44.6 Å². The van der Waals surface area contributed by atoms with Gasteiger partial charge in [0.25, 0.3) is 5.72 Å². The van der Waals surface area contributed by atoms with Crippen molar-refractivity contribution in [1.29, 1.82) is 0 Å². The molecule has 1 saturated carbocycles. The molecule has 1 unspecified atom stereocenters. The second kappa shape index (κ2) is 7.04. The van der Waals surface area contributed by atoms with Crippen LogP contribution in [0.15, 0.2) is 0 Å². The summed E-state index contributed by atoms with van der Waals surface area (Å²) in [5.41, 5.74) is 9.47. The molecule has 2 atom stereocenters. The highest BCUT2D eigenvalue weighted by Gasteiger charge is 2.44. The largest absolute Gasteiger partial charge is 0.477 e. The Balaban J connectivity index is 2.66. The summed E-state index contributed by atoms with van der Waals surface area (Å²) in [5, 5.41) is 9.24. The van der Waals surface area contributed by atoms with Crippen LogP contribution >= 0.6 is 0 Å². The fourth-order valence-electron chi connectivity index (χ4n) is 2.54. The maximum Gasteiger partial charge on any atom is 0.364 e. The minimum Gasteiger partial charge on any atom is -0.477 e. The van der Waals surface area contributed by atoms with E-state index < -0.39 is 23.6 Å². The number of ether oxygens (including phenoxy) is 1. The van der Waals surface area contributed by atoms with Crippen LogP contribution in [-0.4, -0.2) is 29.3 Å². The van der Waals surface area contributed by atoms with E-state index >= 15 is 0 Å². The highest BCUT2D eigenvalue weighted by atomic mass is 16.6. The molecule has 6 heteroatoms. The van der Waals surface area contributed by atoms with E-state index in [1.165, 1.54) is 0 Å². The van der Waals surface area contributed by atoms with Crippen LogP contribution < -0.4 is 11.5 Å². The van der Waals surface area contributed by atoms with Gasteiger partial charge in [0.05, 0.1) is 5.92 Å². The molecule has 116 valence electrons. The highest BCUT2D eigenvalue weighted by Crippen LogP contribution is 2.31. The first-order valence-corrected chi connectivity index (χ1v) is 7.30. The monoisotopic (exact) mass is 286 g/mol. The molecule has 0 aromatic carbocycles. The first-order chi connectivity index (χ1) is 9.35. The Morgan fingerprint density at radius 3 is 2.30 bits per heavy atom. The van der Waals surface area contributed by atoms with Crippen molar-refractivity contribution < 1.29 is 19.4 Å². The summed E-state index contributed by atoms with van der Waals surface area (Å²) < 4.78 is 5.17. The molecule has 1 aliphatic rings. The third kappa shape index (κ3) is 3.70. The molecular weight excluding hydrogens is 260 g/mol. The van der Waals surface area contributed by atoms with Gasteiger partial charge in [-0.3, -0.25) is 10.5 Å². The lowest BCUT2D eigenvalue weighted by atomic mass is 9.82. The van der Waals surface area contributed by atoms with Crippen molar-refractivity contribution in [2.75, 3.05) is 6.54 Å². The van der Waals surface area contributed by atoms with Crippen LogP contribution in [0.1, 0.15) is 46.0 Å². The van der Waals surface area contributed by atoms with Crippen molar-refractivity contribution in [2.24, 2.45) is 29.2 Å². The minimum absolute atomic E-state index is 0.260. The van der Waals surface area contributed by atoms with Gasteiger partial charge in [0, 0.05) is 5.92 Å². The van der Waals surface area contributed by atoms with Gasteiger partial charge in [0.1, 0.15) is 0 Å². The molecule has 20 heavy (non-hydrogen) atoms. The standard InChI is InChI=1S/C14H26N2O4/c1-3-9(2)14(16,13(18)19)20-12(17)11-6-4-10(8-15)5-7-11/h9-11H,3-8,15-16H2,1-2H3,(H,18,19)/t9?,10?,11?,14-/m1/s1. The average molecular weight is 286 g/mol. The summed E-state index contributed by atoms with van der Waals surface area (Å²) in [6.45, 7) is 4.12. The number of rotatable bonds is 6. The van der Waals surface area contributed by atoms with Crippen LogP contribution in [-0.2, 0) is 14.3 Å². The number of aliphatic carboxylic acids is 1. The maximum atomic E-state index is 12.1. The van der Waals surface area contributed by atoms with Crippen molar-refractivity contribution in [3.8, 4) is 0 Å². The fourth-order valence-corrected chi connectivity index (χ4v) is 2.54. The molecule has 0 aromatic heterocycles. The van der Waals surface area contributed by atoms with E-state index in [0.717, 1.165) is 12.8 Å². The van der Waals surface area contributed by atoms with Gasteiger partial charge < -0.3 is 15.6 Å². The van der Waals surface area contributed by atoms with Crippen molar-refractivity contribution in [3.05, 3.63) is 0 Å². The Morgan fingerprint density at radius 2 is 1.90 bits per heavy atom. The molecule has 0 spiro atoms. The predicted octanol–water partition coefficient (Wildman–Crippen LogP) is 1.08. The van der Waals surface area contributed by atoms with Crippen molar-refractivity contribution >= 4 is 11.9 Å². The van der Waals surface area contributed by atoms with Gasteiger partial charge in [0.2, 0.25) is 0 Å². The summed E-state index contributed by atoms with van der Waals surface area (Å²) in [5.74, 6) is -2.04. The van der Waals surface area contributed by atoms with Crippen LogP contribution in [0.3, 0.4) is 0 Å². The lowest BCUT2D eigenvalue weighted by molar-refractivity contribution is -0.188. The first-order valence-electron chi connectivity index (χ1n) is 7.30. The Labute approximate surface area is 119 Å². The smallest absolute Gasteiger partial charge is 0.364 e. The average Bonchev–Trinajstić information content (AvgIpc) is 2.45. The number of carboxylic acids is 1. The molecule has 0 amide bonds. The zero-order valence-corrected chi connectivity index (χ0v) is 12.3. The second-order valence-corrected chi connectivity index (χ2v) is 5.78. The molecule has 0 saturated heterocycles. The van der Waals surface area contributed by atoms with Gasteiger partial charge in [0.15, 0.2) is 0 Å². The van der Waals surface area contributed by atoms with Gasteiger partial charge in [-0.1, -0.05) is 13.8 Å². The second-order valence-electron chi connectivity index (χ2n) is 5.78. The normalized spacial score (nSPS) is 27.4. The molecule has 1 rings (SSSR count). The summed E-state index contributed by atoms with van der Waals surface area (Å²) in [7, 11) is 0. The first kappa shape index (κ1) is 16.9. The van der Waals surface area contributed by atoms with Gasteiger partial charge >= 0.3 is 11.9 Å². The summed E-state index contributed by atoms with van der Waals surface area (Å²) in [6, 6.07) is 0. The number of carbonyl (C=O) groups excluding carboxylic acids is 1. The lowest BCUT2D eigenvalue weighted by Gasteiger charge is -2.33. The number of esters is 1. The zero-order chi connectivity index (χ0) is 15.3. The van der Waals surface area contributed by atoms with E-state index in [9.17, 15) is 14.7 Å². The van der Waals surface area contributed by atoms with E-state index in [1.807, 2.05) is 6.92 Å². The van der Waals surface area contributed by atoms with Gasteiger partial charge in [-0.15, -0.1) is 0 Å². The van der Waals surface area contributed by atoms with Crippen LogP contribution in [0.25, 0.3) is 0 Å². The van der Waals surface area contributed by atoms with Crippen LogP contribution in [0, 0.1) is 17.8 Å². The molecule has 0 radical (unpaired) electrons. The minimum atomic E-state index is -1.93. The van der Waals surface area contributed by atoms with Gasteiger partial charge in [-0.2, -0.15) is 0 Å². The summed E-state index contributed by atoms with van der Waals surface area (Å²) in [4.78, 5) is 23.5. The molecule has 6 nitrogen and oxygen atoms in total. The van der Waals surface area contributed by atoms with E-state index in [4.69, 9.17) is 16.2 Å². The summed E-state index contributed by atoms with van der Waals surface area (Å²) >= 11 is 0. The molecule has 0 aliphatic heterocycles. The number of hydrogen-bond acceptors (Lipinski definition) is 5. The summed E-state index contributed by atoms with van der Waals surface area (Å²) in [6.07, 6.45) is 3.66. The van der Waals surface area contributed by atoms with Crippen molar-refractivity contribution in [2.45, 2.75) is 51.7 Å². The number of nitrogens with two attached hydrogens (primary N) is 2. The van der Waals surface area contributed by atoms with E-state index in [2.05, 4.69) is 0 Å². The molecule has 1 aliphatic carbocycles. The fraction of sp³-hybridized carbons (Fsp3) is 0.857. The Morgan fingerprint density at radius 1 is 1.35 bits per heavy atom. The zero-order valence-electron chi connectivity index (χ0n) is 12.3. The third-order valence-electron chi connectivity index (χ3n) is 4.46. The van der Waals surface area contributed by atoms with E-state index in [0.29, 0.717) is 31.7 Å².